The van der Waals surface area contributed by atoms with Gasteiger partial charge < -0.3 is 25.2 Å². The number of hydrogen-bond acceptors (Lipinski definition) is 4. The first-order valence-corrected chi connectivity index (χ1v) is 9.39. The highest BCUT2D eigenvalue weighted by Crippen LogP contribution is 2.18. The first-order chi connectivity index (χ1) is 12.6. The number of hydrogen-bond donors (Lipinski definition) is 3. The summed E-state index contributed by atoms with van der Waals surface area (Å²) in [7, 11) is 1.85. The quantitative estimate of drug-likeness (QED) is 0.536. The minimum Gasteiger partial charge on any atom is -0.378 e. The molecule has 0 aromatic heterocycles. The molecule has 1 heterocycles. The summed E-state index contributed by atoms with van der Waals surface area (Å²) in [6.45, 7) is 6.62. The van der Waals surface area contributed by atoms with Crippen LogP contribution in [0.3, 0.4) is 0 Å². The maximum absolute atomic E-state index is 12.2. The summed E-state index contributed by atoms with van der Waals surface area (Å²) in [5, 5.41) is 5.76. The number of carbonyl (C=O) groups is 2. The van der Waals surface area contributed by atoms with Crippen molar-refractivity contribution in [2.75, 3.05) is 63.2 Å². The summed E-state index contributed by atoms with van der Waals surface area (Å²) in [5.41, 5.74) is 1.91. The van der Waals surface area contributed by atoms with Gasteiger partial charge in [-0.25, -0.2) is 0 Å². The third-order valence-electron chi connectivity index (χ3n) is 4.30. The second-order valence-electron chi connectivity index (χ2n) is 6.71. The second kappa shape index (κ2) is 10.8. The molecule has 0 radical (unpaired) electrons. The van der Waals surface area contributed by atoms with Crippen LogP contribution in [0.1, 0.15) is 19.8 Å². The molecule has 7 nitrogen and oxygen atoms in total. The van der Waals surface area contributed by atoms with Gasteiger partial charge in [-0.1, -0.05) is 13.3 Å². The molecule has 2 amide bonds. The lowest BCUT2D eigenvalue weighted by atomic mass is 10.2. The van der Waals surface area contributed by atoms with Gasteiger partial charge in [0.2, 0.25) is 0 Å². The molecule has 1 aromatic rings. The average molecular weight is 363 g/mol. The third-order valence-corrected chi connectivity index (χ3v) is 4.30. The maximum atomic E-state index is 12.2. The minimum atomic E-state index is -0.0945. The lowest BCUT2D eigenvalue weighted by molar-refractivity contribution is -0.862. The van der Waals surface area contributed by atoms with Crippen LogP contribution in [-0.4, -0.2) is 64.8 Å². The van der Waals surface area contributed by atoms with Crippen molar-refractivity contribution >= 4 is 23.2 Å². The van der Waals surface area contributed by atoms with E-state index in [1.807, 2.05) is 31.3 Å². The molecule has 144 valence electrons. The van der Waals surface area contributed by atoms with Crippen molar-refractivity contribution in [2.45, 2.75) is 19.8 Å². The minimum absolute atomic E-state index is 0.0152. The predicted octanol–water partition coefficient (Wildman–Crippen LogP) is -0.107. The standard InChI is InChI=1S/C19H30N4O3/c1-3-4-9-20-18(24)14-22(2)15-19(25)21-16-5-7-17(8-6-16)23-10-12-26-13-11-23/h5-8H,3-4,9-15H2,1-2H3,(H,20,24)(H,21,25)/p+1. The number of carbonyl (C=O) groups excluding carboxylic acids is 2. The maximum Gasteiger partial charge on any atom is 0.279 e. The summed E-state index contributed by atoms with van der Waals surface area (Å²) in [5.74, 6) is -0.110. The van der Waals surface area contributed by atoms with E-state index in [2.05, 4.69) is 22.5 Å². The van der Waals surface area contributed by atoms with Gasteiger partial charge in [0.25, 0.3) is 11.8 Å². The zero-order valence-corrected chi connectivity index (χ0v) is 15.8. The lowest BCUT2D eigenvalue weighted by Gasteiger charge is -2.28. The molecular formula is C19H31N4O3+. The molecule has 0 bridgehead atoms. The van der Waals surface area contributed by atoms with Gasteiger partial charge >= 0.3 is 0 Å². The fraction of sp³-hybridized carbons (Fsp3) is 0.579. The first-order valence-electron chi connectivity index (χ1n) is 9.39. The van der Waals surface area contributed by atoms with E-state index in [0.717, 1.165) is 55.4 Å². The number of amides is 2. The Kier molecular flexibility index (Phi) is 8.37. The Morgan fingerprint density at radius 1 is 1.12 bits per heavy atom. The van der Waals surface area contributed by atoms with Gasteiger partial charge in [-0.15, -0.1) is 0 Å². The molecule has 26 heavy (non-hydrogen) atoms. The predicted molar refractivity (Wildman–Crippen MR) is 103 cm³/mol. The van der Waals surface area contributed by atoms with Gasteiger partial charge in [-0.2, -0.15) is 0 Å². The molecule has 1 aliphatic heterocycles. The zero-order chi connectivity index (χ0) is 18.8. The van der Waals surface area contributed by atoms with Gasteiger partial charge in [0.05, 0.1) is 20.3 Å². The molecule has 1 atom stereocenters. The fourth-order valence-electron chi connectivity index (χ4n) is 2.86. The van der Waals surface area contributed by atoms with Crippen LogP contribution in [0.4, 0.5) is 11.4 Å². The largest absolute Gasteiger partial charge is 0.378 e. The van der Waals surface area contributed by atoms with Crippen LogP contribution in [0, 0.1) is 0 Å². The monoisotopic (exact) mass is 363 g/mol. The third kappa shape index (κ3) is 7.01. The fourth-order valence-corrected chi connectivity index (χ4v) is 2.86. The summed E-state index contributed by atoms with van der Waals surface area (Å²) in [6.07, 6.45) is 2.03. The topological polar surface area (TPSA) is 75.1 Å². The molecule has 2 rings (SSSR count). The Hall–Kier alpha value is -2.12. The molecule has 1 unspecified atom stereocenters. The van der Waals surface area contributed by atoms with Crippen molar-refractivity contribution in [2.24, 2.45) is 0 Å². The van der Waals surface area contributed by atoms with Crippen LogP contribution in [0.5, 0.6) is 0 Å². The van der Waals surface area contributed by atoms with Crippen molar-refractivity contribution in [3.8, 4) is 0 Å². The molecule has 0 saturated carbocycles. The Bertz CT molecular complexity index is 571. The van der Waals surface area contributed by atoms with E-state index < -0.39 is 0 Å². The number of rotatable bonds is 9. The summed E-state index contributed by atoms with van der Waals surface area (Å²) in [4.78, 5) is 27.1. The van der Waals surface area contributed by atoms with Crippen LogP contribution >= 0.6 is 0 Å². The van der Waals surface area contributed by atoms with Crippen molar-refractivity contribution in [3.63, 3.8) is 0 Å². The van der Waals surface area contributed by atoms with E-state index in [-0.39, 0.29) is 18.4 Å². The highest BCUT2D eigenvalue weighted by molar-refractivity contribution is 5.91. The van der Waals surface area contributed by atoms with Gasteiger partial charge in [0.1, 0.15) is 0 Å². The van der Waals surface area contributed by atoms with E-state index in [4.69, 9.17) is 4.74 Å². The number of morpholine rings is 1. The molecule has 1 fully saturated rings. The molecule has 0 aliphatic carbocycles. The van der Waals surface area contributed by atoms with Crippen LogP contribution in [0.15, 0.2) is 24.3 Å². The van der Waals surface area contributed by atoms with Gasteiger partial charge in [0.15, 0.2) is 13.1 Å². The van der Waals surface area contributed by atoms with Crippen molar-refractivity contribution in [3.05, 3.63) is 24.3 Å². The van der Waals surface area contributed by atoms with E-state index in [9.17, 15) is 9.59 Å². The zero-order valence-electron chi connectivity index (χ0n) is 15.8. The Balaban J connectivity index is 1.73. The number of quaternary nitrogens is 1. The number of likely N-dealkylation sites (N-methyl/N-ethyl adjacent to an activating group) is 1. The Morgan fingerprint density at radius 2 is 1.77 bits per heavy atom. The molecule has 1 aliphatic rings. The SMILES string of the molecule is CCCCNC(=O)C[NH+](C)CC(=O)Nc1ccc(N2CCOCC2)cc1. The number of nitrogens with one attached hydrogen (secondary N) is 3. The number of anilines is 2. The van der Waals surface area contributed by atoms with Gasteiger partial charge in [0, 0.05) is 31.0 Å². The normalized spacial score (nSPS) is 15.4. The van der Waals surface area contributed by atoms with Gasteiger partial charge in [-0.05, 0) is 30.7 Å². The Labute approximate surface area is 155 Å². The van der Waals surface area contributed by atoms with Gasteiger partial charge in [-0.3, -0.25) is 9.59 Å². The molecule has 1 aromatic carbocycles. The second-order valence-corrected chi connectivity index (χ2v) is 6.71. The van der Waals surface area contributed by atoms with E-state index in [1.165, 1.54) is 0 Å². The average Bonchev–Trinajstić information content (AvgIpc) is 2.63. The highest BCUT2D eigenvalue weighted by Gasteiger charge is 2.15. The van der Waals surface area contributed by atoms with E-state index in [0.29, 0.717) is 13.1 Å². The van der Waals surface area contributed by atoms with Crippen molar-refractivity contribution in [1.82, 2.24) is 5.32 Å². The summed E-state index contributed by atoms with van der Waals surface area (Å²) >= 11 is 0. The number of nitrogens with zero attached hydrogens (tertiary/aromatic N) is 1. The molecule has 0 spiro atoms. The van der Waals surface area contributed by atoms with Crippen LogP contribution in [0.25, 0.3) is 0 Å². The molecule has 3 N–H and O–H groups in total. The smallest absolute Gasteiger partial charge is 0.279 e. The van der Waals surface area contributed by atoms with E-state index in [1.54, 1.807) is 0 Å². The Morgan fingerprint density at radius 3 is 2.42 bits per heavy atom. The van der Waals surface area contributed by atoms with Crippen molar-refractivity contribution < 1.29 is 19.2 Å². The van der Waals surface area contributed by atoms with Crippen molar-refractivity contribution in [1.29, 1.82) is 0 Å². The lowest BCUT2D eigenvalue weighted by Crippen LogP contribution is -3.11. The highest BCUT2D eigenvalue weighted by atomic mass is 16.5. The molecule has 1 saturated heterocycles. The number of benzene rings is 1. The van der Waals surface area contributed by atoms with Crippen LogP contribution in [-0.2, 0) is 14.3 Å². The summed E-state index contributed by atoms with van der Waals surface area (Å²) < 4.78 is 5.36. The van der Waals surface area contributed by atoms with E-state index >= 15 is 0 Å². The first kappa shape index (κ1) is 20.2. The molecular weight excluding hydrogens is 332 g/mol. The van der Waals surface area contributed by atoms with Crippen LogP contribution in [0.2, 0.25) is 0 Å². The number of unbranched alkanes of at least 4 members (excludes halogenated alkanes) is 1. The van der Waals surface area contributed by atoms with Crippen LogP contribution < -0.4 is 20.4 Å². The molecule has 7 heteroatoms. The number of ether oxygens (including phenoxy) is 1. The summed E-state index contributed by atoms with van der Waals surface area (Å²) in [6, 6.07) is 7.85.